The molecule has 0 saturated carbocycles. The summed E-state index contributed by atoms with van der Waals surface area (Å²) in [6.45, 7) is 3.98. The van der Waals surface area contributed by atoms with Crippen molar-refractivity contribution in [3.05, 3.63) is 59.4 Å². The summed E-state index contributed by atoms with van der Waals surface area (Å²) in [4.78, 5) is 0. The monoisotopic (exact) mass is 355 g/mol. The summed E-state index contributed by atoms with van der Waals surface area (Å²) in [5, 5.41) is 15.6. The first-order chi connectivity index (χ1) is 11.9. The van der Waals surface area contributed by atoms with Crippen molar-refractivity contribution in [1.29, 1.82) is 5.26 Å². The van der Waals surface area contributed by atoms with Gasteiger partial charge in [0.1, 0.15) is 17.2 Å². The number of ether oxygens (including phenoxy) is 1. The fraction of sp³-hybridized carbons (Fsp3) is 0.263. The zero-order valence-electron chi connectivity index (χ0n) is 14.0. The van der Waals surface area contributed by atoms with Gasteiger partial charge in [-0.2, -0.15) is 5.26 Å². The smallest absolute Gasteiger partial charge is 0.171 e. The Balaban J connectivity index is 1.76. The van der Waals surface area contributed by atoms with Crippen molar-refractivity contribution in [1.82, 2.24) is 5.32 Å². The van der Waals surface area contributed by atoms with Gasteiger partial charge < -0.3 is 15.4 Å². The molecule has 1 unspecified atom stereocenters. The number of hydrogen-bond acceptors (Lipinski definition) is 3. The molecule has 0 spiro atoms. The fourth-order valence-electron chi connectivity index (χ4n) is 2.91. The highest BCUT2D eigenvalue weighted by Gasteiger charge is 2.34. The molecule has 6 heteroatoms. The molecular weight excluding hydrogens is 337 g/mol. The third-order valence-corrected chi connectivity index (χ3v) is 4.23. The van der Waals surface area contributed by atoms with Crippen molar-refractivity contribution in [2.75, 3.05) is 5.32 Å². The van der Waals surface area contributed by atoms with Gasteiger partial charge in [0.25, 0.3) is 0 Å². The van der Waals surface area contributed by atoms with Crippen molar-refractivity contribution in [2.45, 2.75) is 31.9 Å². The molecular formula is C19H18FN3OS. The first kappa shape index (κ1) is 17.2. The summed E-state index contributed by atoms with van der Waals surface area (Å²) >= 11 is 5.39. The number of halogens is 1. The summed E-state index contributed by atoms with van der Waals surface area (Å²) < 4.78 is 19.6. The average molecular weight is 355 g/mol. The fourth-order valence-corrected chi connectivity index (χ4v) is 3.17. The highest BCUT2D eigenvalue weighted by molar-refractivity contribution is 7.80. The second-order valence-corrected chi connectivity index (χ2v) is 7.00. The first-order valence-corrected chi connectivity index (χ1v) is 8.33. The lowest BCUT2D eigenvalue weighted by Crippen LogP contribution is -2.42. The second kappa shape index (κ2) is 6.69. The van der Waals surface area contributed by atoms with Crippen molar-refractivity contribution in [3.8, 4) is 11.8 Å². The lowest BCUT2D eigenvalue weighted by atomic mass is 9.90. The Morgan fingerprint density at radius 1 is 1.28 bits per heavy atom. The summed E-state index contributed by atoms with van der Waals surface area (Å²) in [7, 11) is 0. The quantitative estimate of drug-likeness (QED) is 0.787. The average Bonchev–Trinajstić information content (AvgIpc) is 2.55. The van der Waals surface area contributed by atoms with Crippen LogP contribution in [0.2, 0.25) is 0 Å². The van der Waals surface area contributed by atoms with Crippen LogP contribution in [0.4, 0.5) is 10.1 Å². The topological polar surface area (TPSA) is 57.1 Å². The Labute approximate surface area is 151 Å². The van der Waals surface area contributed by atoms with E-state index in [1.807, 2.05) is 13.8 Å². The summed E-state index contributed by atoms with van der Waals surface area (Å²) in [6.07, 6.45) is 0.651. The Hall–Kier alpha value is -2.65. The zero-order valence-corrected chi connectivity index (χ0v) is 14.8. The molecule has 25 heavy (non-hydrogen) atoms. The summed E-state index contributed by atoms with van der Waals surface area (Å²) in [6, 6.07) is 13.4. The molecule has 0 fully saturated rings. The van der Waals surface area contributed by atoms with Crippen LogP contribution >= 0.6 is 12.2 Å². The van der Waals surface area contributed by atoms with Gasteiger partial charge in [-0.05, 0) is 68.5 Å². The summed E-state index contributed by atoms with van der Waals surface area (Å²) in [5.74, 6) is 0.358. The third-order valence-electron chi connectivity index (χ3n) is 4.01. The van der Waals surface area contributed by atoms with Crippen LogP contribution in [0.15, 0.2) is 42.5 Å². The molecule has 128 valence electrons. The minimum atomic E-state index is -0.382. The number of nitrogens with zero attached hydrogens (tertiary/aromatic N) is 1. The third kappa shape index (κ3) is 4.06. The van der Waals surface area contributed by atoms with Gasteiger partial charge in [0.15, 0.2) is 5.11 Å². The van der Waals surface area contributed by atoms with Crippen LogP contribution in [-0.4, -0.2) is 10.7 Å². The maximum absolute atomic E-state index is 13.7. The molecule has 0 bridgehead atoms. The number of thiocarbonyl (C=S) groups is 1. The van der Waals surface area contributed by atoms with Crippen molar-refractivity contribution in [2.24, 2.45) is 0 Å². The Morgan fingerprint density at radius 3 is 2.68 bits per heavy atom. The van der Waals surface area contributed by atoms with Crippen molar-refractivity contribution >= 4 is 23.0 Å². The van der Waals surface area contributed by atoms with Gasteiger partial charge in [0, 0.05) is 17.7 Å². The van der Waals surface area contributed by atoms with E-state index < -0.39 is 0 Å². The van der Waals surface area contributed by atoms with E-state index in [-0.39, 0.29) is 17.5 Å². The van der Waals surface area contributed by atoms with Crippen LogP contribution in [0, 0.1) is 17.1 Å². The number of fused-ring (bicyclic) bond motifs is 1. The Bertz CT molecular complexity index is 843. The number of nitrogens with one attached hydrogen (secondary N) is 2. The first-order valence-electron chi connectivity index (χ1n) is 7.92. The van der Waals surface area contributed by atoms with Gasteiger partial charge >= 0.3 is 0 Å². The molecule has 2 N–H and O–H groups in total. The second-order valence-electron chi connectivity index (χ2n) is 6.59. The van der Waals surface area contributed by atoms with Gasteiger partial charge in [-0.25, -0.2) is 4.39 Å². The molecule has 0 aliphatic carbocycles. The molecule has 4 nitrogen and oxygen atoms in total. The van der Waals surface area contributed by atoms with Gasteiger partial charge in [0.05, 0.1) is 17.7 Å². The van der Waals surface area contributed by atoms with E-state index in [0.29, 0.717) is 22.8 Å². The molecule has 1 aliphatic heterocycles. The Morgan fingerprint density at radius 2 is 2.00 bits per heavy atom. The molecule has 0 amide bonds. The normalized spacial score (nSPS) is 17.6. The number of rotatable bonds is 2. The summed E-state index contributed by atoms with van der Waals surface area (Å²) in [5.41, 5.74) is 1.73. The van der Waals surface area contributed by atoms with Gasteiger partial charge in [-0.1, -0.05) is 0 Å². The minimum Gasteiger partial charge on any atom is -0.487 e. The minimum absolute atomic E-state index is 0.159. The van der Waals surface area contributed by atoms with Gasteiger partial charge in [-0.3, -0.25) is 0 Å². The SMILES string of the molecule is CC1(C)CC(NC(=S)Nc2ccc(C#N)cc2)c2cc(F)ccc2O1. The molecule has 2 aromatic carbocycles. The lowest BCUT2D eigenvalue weighted by molar-refractivity contribution is 0.0694. The van der Waals surface area contributed by atoms with Crippen LogP contribution in [-0.2, 0) is 0 Å². The largest absolute Gasteiger partial charge is 0.487 e. The molecule has 1 heterocycles. The van der Waals surface area contributed by atoms with E-state index in [9.17, 15) is 4.39 Å². The molecule has 3 rings (SSSR count). The van der Waals surface area contributed by atoms with E-state index in [4.69, 9.17) is 22.2 Å². The van der Waals surface area contributed by atoms with Gasteiger partial charge in [-0.15, -0.1) is 0 Å². The molecule has 0 radical (unpaired) electrons. The lowest BCUT2D eigenvalue weighted by Gasteiger charge is -2.38. The number of nitriles is 1. The number of hydrogen-bond donors (Lipinski definition) is 2. The van der Waals surface area contributed by atoms with E-state index in [1.54, 1.807) is 30.3 Å². The van der Waals surface area contributed by atoms with Crippen LogP contribution in [0.1, 0.15) is 37.4 Å². The van der Waals surface area contributed by atoms with Crippen molar-refractivity contribution in [3.63, 3.8) is 0 Å². The zero-order chi connectivity index (χ0) is 18.0. The van der Waals surface area contributed by atoms with Gasteiger partial charge in [0.2, 0.25) is 0 Å². The highest BCUT2D eigenvalue weighted by Crippen LogP contribution is 2.39. The highest BCUT2D eigenvalue weighted by atomic mass is 32.1. The number of anilines is 1. The van der Waals surface area contributed by atoms with Crippen molar-refractivity contribution < 1.29 is 9.13 Å². The maximum atomic E-state index is 13.7. The molecule has 0 saturated heterocycles. The maximum Gasteiger partial charge on any atom is 0.171 e. The molecule has 2 aromatic rings. The van der Waals surface area contributed by atoms with E-state index in [2.05, 4.69) is 16.7 Å². The van der Waals surface area contributed by atoms with Crippen LogP contribution < -0.4 is 15.4 Å². The van der Waals surface area contributed by atoms with E-state index >= 15 is 0 Å². The molecule has 1 atom stereocenters. The van der Waals surface area contributed by atoms with Crippen LogP contribution in [0.3, 0.4) is 0 Å². The molecule has 0 aromatic heterocycles. The standard InChI is InChI=1S/C19H18FN3OS/c1-19(2)10-16(15-9-13(20)5-8-17(15)24-19)23-18(25)22-14-6-3-12(11-21)4-7-14/h3-9,16H,10H2,1-2H3,(H2,22,23,25). The predicted octanol–water partition coefficient (Wildman–Crippen LogP) is 4.29. The van der Waals surface area contributed by atoms with E-state index in [0.717, 1.165) is 11.3 Å². The molecule has 1 aliphatic rings. The number of benzene rings is 2. The van der Waals surface area contributed by atoms with Crippen LogP contribution in [0.5, 0.6) is 5.75 Å². The van der Waals surface area contributed by atoms with E-state index in [1.165, 1.54) is 12.1 Å². The van der Waals surface area contributed by atoms with Crippen LogP contribution in [0.25, 0.3) is 0 Å². The predicted molar refractivity (Wildman–Crippen MR) is 99.0 cm³/mol. The Kier molecular flexibility index (Phi) is 4.60.